The Morgan fingerprint density at radius 1 is 0.696 bits per heavy atom. The number of hydrogen-bond donors (Lipinski definition) is 1. The standard InChI is InChI=1S/C18H14O4S/c19-17-12-6-4-10-15(17)16-11-5-7-13-18(16)22-23(20,21)14-8-2-1-3-9-14/h1-13,19H. The van der Waals surface area contributed by atoms with Gasteiger partial charge in [0.25, 0.3) is 0 Å². The van der Waals surface area contributed by atoms with E-state index in [0.717, 1.165) is 0 Å². The molecule has 3 aromatic carbocycles. The zero-order chi connectivity index (χ0) is 16.3. The van der Waals surface area contributed by atoms with Crippen LogP contribution < -0.4 is 4.18 Å². The van der Waals surface area contributed by atoms with E-state index in [1.807, 2.05) is 0 Å². The average Bonchev–Trinajstić information content (AvgIpc) is 2.57. The maximum Gasteiger partial charge on any atom is 0.339 e. The molecule has 0 radical (unpaired) electrons. The topological polar surface area (TPSA) is 63.6 Å². The van der Waals surface area contributed by atoms with Gasteiger partial charge in [0.1, 0.15) is 10.6 Å². The Morgan fingerprint density at radius 3 is 1.96 bits per heavy atom. The molecule has 0 aliphatic rings. The van der Waals surface area contributed by atoms with E-state index in [0.29, 0.717) is 11.1 Å². The van der Waals surface area contributed by atoms with Gasteiger partial charge in [-0.3, -0.25) is 0 Å². The Labute approximate surface area is 134 Å². The van der Waals surface area contributed by atoms with Gasteiger partial charge in [0, 0.05) is 11.1 Å². The van der Waals surface area contributed by atoms with Crippen molar-refractivity contribution in [2.24, 2.45) is 0 Å². The van der Waals surface area contributed by atoms with Gasteiger partial charge >= 0.3 is 10.1 Å². The summed E-state index contributed by atoms with van der Waals surface area (Å²) in [6, 6.07) is 21.3. The van der Waals surface area contributed by atoms with Gasteiger partial charge in [-0.2, -0.15) is 8.42 Å². The van der Waals surface area contributed by atoms with E-state index < -0.39 is 10.1 Å². The first-order valence-electron chi connectivity index (χ1n) is 6.95. The van der Waals surface area contributed by atoms with Gasteiger partial charge in [-0.1, -0.05) is 54.6 Å². The van der Waals surface area contributed by atoms with Crippen LogP contribution in [-0.2, 0) is 10.1 Å². The summed E-state index contributed by atoms with van der Waals surface area (Å²) in [4.78, 5) is 0.0760. The molecular weight excluding hydrogens is 312 g/mol. The lowest BCUT2D eigenvalue weighted by Crippen LogP contribution is -2.10. The zero-order valence-electron chi connectivity index (χ0n) is 12.1. The van der Waals surface area contributed by atoms with Crippen molar-refractivity contribution in [3.63, 3.8) is 0 Å². The summed E-state index contributed by atoms with van der Waals surface area (Å²) in [5, 5.41) is 10.00. The molecule has 0 unspecified atom stereocenters. The zero-order valence-corrected chi connectivity index (χ0v) is 12.9. The molecule has 0 amide bonds. The van der Waals surface area contributed by atoms with Crippen molar-refractivity contribution in [3.8, 4) is 22.6 Å². The Morgan fingerprint density at radius 2 is 1.26 bits per heavy atom. The molecule has 0 atom stereocenters. The fourth-order valence-corrected chi connectivity index (χ4v) is 3.19. The van der Waals surface area contributed by atoms with E-state index in [4.69, 9.17) is 4.18 Å². The number of rotatable bonds is 4. The molecule has 23 heavy (non-hydrogen) atoms. The van der Waals surface area contributed by atoms with E-state index in [-0.39, 0.29) is 16.4 Å². The number of phenols is 1. The quantitative estimate of drug-likeness (QED) is 0.740. The summed E-state index contributed by atoms with van der Waals surface area (Å²) in [6.45, 7) is 0. The van der Waals surface area contributed by atoms with Crippen LogP contribution in [0.2, 0.25) is 0 Å². The summed E-state index contributed by atoms with van der Waals surface area (Å²) in [7, 11) is -3.94. The summed E-state index contributed by atoms with van der Waals surface area (Å²) in [5.41, 5.74) is 1.01. The highest BCUT2D eigenvalue weighted by Gasteiger charge is 2.19. The van der Waals surface area contributed by atoms with Crippen LogP contribution in [0.25, 0.3) is 11.1 Å². The lowest BCUT2D eigenvalue weighted by atomic mass is 10.0. The first kappa shape index (κ1) is 15.1. The molecule has 0 aliphatic heterocycles. The van der Waals surface area contributed by atoms with Crippen molar-refractivity contribution >= 4 is 10.1 Å². The van der Waals surface area contributed by atoms with Gasteiger partial charge in [0.15, 0.2) is 5.75 Å². The molecule has 0 bridgehead atoms. The first-order valence-corrected chi connectivity index (χ1v) is 8.36. The number of phenolic OH excluding ortho intramolecular Hbond substituents is 1. The van der Waals surface area contributed by atoms with Crippen molar-refractivity contribution in [1.82, 2.24) is 0 Å². The third-order valence-electron chi connectivity index (χ3n) is 3.31. The second-order valence-electron chi connectivity index (χ2n) is 4.86. The second-order valence-corrected chi connectivity index (χ2v) is 6.41. The second kappa shape index (κ2) is 6.14. The molecule has 3 aromatic rings. The molecule has 0 fully saturated rings. The van der Waals surface area contributed by atoms with Gasteiger partial charge in [-0.05, 0) is 24.3 Å². The van der Waals surface area contributed by atoms with Crippen LogP contribution in [0.3, 0.4) is 0 Å². The highest BCUT2D eigenvalue weighted by Crippen LogP contribution is 2.36. The summed E-state index contributed by atoms with van der Waals surface area (Å²) < 4.78 is 30.1. The van der Waals surface area contributed by atoms with E-state index in [9.17, 15) is 13.5 Å². The predicted octanol–water partition coefficient (Wildman–Crippen LogP) is 3.83. The monoisotopic (exact) mass is 326 g/mol. The van der Waals surface area contributed by atoms with E-state index in [1.54, 1.807) is 60.7 Å². The highest BCUT2D eigenvalue weighted by atomic mass is 32.2. The molecule has 0 saturated carbocycles. The molecule has 116 valence electrons. The van der Waals surface area contributed by atoms with Gasteiger partial charge in [0.05, 0.1) is 0 Å². The normalized spacial score (nSPS) is 11.1. The van der Waals surface area contributed by atoms with Crippen molar-refractivity contribution in [2.45, 2.75) is 4.90 Å². The molecule has 0 aliphatic carbocycles. The molecular formula is C18H14O4S. The van der Waals surface area contributed by atoms with E-state index in [2.05, 4.69) is 0 Å². The Balaban J connectivity index is 2.04. The number of para-hydroxylation sites is 2. The Hall–Kier alpha value is -2.79. The minimum Gasteiger partial charge on any atom is -0.507 e. The molecule has 0 saturated heterocycles. The smallest absolute Gasteiger partial charge is 0.339 e. The van der Waals surface area contributed by atoms with Gasteiger partial charge in [-0.15, -0.1) is 0 Å². The third-order valence-corrected chi connectivity index (χ3v) is 4.56. The summed E-state index contributed by atoms with van der Waals surface area (Å²) >= 11 is 0. The number of aromatic hydroxyl groups is 1. The Kier molecular flexibility index (Phi) is 4.04. The lowest BCUT2D eigenvalue weighted by Gasteiger charge is -2.12. The third kappa shape index (κ3) is 3.19. The average molecular weight is 326 g/mol. The molecule has 3 rings (SSSR count). The van der Waals surface area contributed by atoms with Crippen LogP contribution in [0.1, 0.15) is 0 Å². The van der Waals surface area contributed by atoms with Gasteiger partial charge in [-0.25, -0.2) is 0 Å². The van der Waals surface area contributed by atoms with Crippen molar-refractivity contribution < 1.29 is 17.7 Å². The summed E-state index contributed by atoms with van der Waals surface area (Å²) in [5.74, 6) is 0.221. The van der Waals surface area contributed by atoms with Crippen LogP contribution in [0.4, 0.5) is 0 Å². The molecule has 5 heteroatoms. The van der Waals surface area contributed by atoms with Crippen LogP contribution >= 0.6 is 0 Å². The van der Waals surface area contributed by atoms with Crippen LogP contribution in [0.15, 0.2) is 83.8 Å². The van der Waals surface area contributed by atoms with Crippen molar-refractivity contribution in [1.29, 1.82) is 0 Å². The molecule has 4 nitrogen and oxygen atoms in total. The predicted molar refractivity (Wildman–Crippen MR) is 87.8 cm³/mol. The minimum atomic E-state index is -3.94. The number of hydrogen-bond acceptors (Lipinski definition) is 4. The Bertz CT molecular complexity index is 919. The van der Waals surface area contributed by atoms with Gasteiger partial charge in [0.2, 0.25) is 0 Å². The maximum atomic E-state index is 12.4. The fourth-order valence-electron chi connectivity index (χ4n) is 2.22. The molecule has 0 heterocycles. The van der Waals surface area contributed by atoms with Crippen molar-refractivity contribution in [2.75, 3.05) is 0 Å². The van der Waals surface area contributed by atoms with Gasteiger partial charge < -0.3 is 9.29 Å². The first-order chi connectivity index (χ1) is 11.1. The van der Waals surface area contributed by atoms with Crippen molar-refractivity contribution in [3.05, 3.63) is 78.9 Å². The molecule has 1 N–H and O–H groups in total. The summed E-state index contributed by atoms with van der Waals surface area (Å²) in [6.07, 6.45) is 0. The minimum absolute atomic E-state index is 0.0562. The van der Waals surface area contributed by atoms with E-state index in [1.165, 1.54) is 18.2 Å². The highest BCUT2D eigenvalue weighted by molar-refractivity contribution is 7.87. The van der Waals surface area contributed by atoms with Crippen LogP contribution in [0.5, 0.6) is 11.5 Å². The molecule has 0 aromatic heterocycles. The lowest BCUT2D eigenvalue weighted by molar-refractivity contribution is 0.474. The molecule has 0 spiro atoms. The fraction of sp³-hybridized carbons (Fsp3) is 0. The van der Waals surface area contributed by atoms with Crippen LogP contribution in [-0.4, -0.2) is 13.5 Å². The largest absolute Gasteiger partial charge is 0.507 e. The number of benzene rings is 3. The SMILES string of the molecule is O=S(=O)(Oc1ccccc1-c1ccccc1O)c1ccccc1. The van der Waals surface area contributed by atoms with E-state index >= 15 is 0 Å². The maximum absolute atomic E-state index is 12.4. The van der Waals surface area contributed by atoms with Crippen LogP contribution in [0, 0.1) is 0 Å².